The van der Waals surface area contributed by atoms with Crippen molar-refractivity contribution >= 4 is 5.97 Å². The van der Waals surface area contributed by atoms with Crippen LogP contribution >= 0.6 is 0 Å². The van der Waals surface area contributed by atoms with Crippen molar-refractivity contribution in [2.75, 3.05) is 0 Å². The zero-order chi connectivity index (χ0) is 9.30. The van der Waals surface area contributed by atoms with Crippen LogP contribution < -0.4 is 5.56 Å². The summed E-state index contributed by atoms with van der Waals surface area (Å²) in [6.07, 6.45) is 0. The van der Waals surface area contributed by atoms with Gasteiger partial charge < -0.3 is 10.1 Å². The molecule has 0 aromatic carbocycles. The molecule has 0 bridgehead atoms. The lowest BCUT2D eigenvalue weighted by Crippen LogP contribution is -2.16. The van der Waals surface area contributed by atoms with Gasteiger partial charge in [-0.2, -0.15) is 0 Å². The summed E-state index contributed by atoms with van der Waals surface area (Å²) in [6.45, 7) is 3.36. The van der Waals surface area contributed by atoms with Crippen LogP contribution in [0.25, 0.3) is 0 Å². The Hall–Kier alpha value is -1.58. The molecule has 12 heavy (non-hydrogen) atoms. The van der Waals surface area contributed by atoms with Gasteiger partial charge in [0.05, 0.1) is 0 Å². The number of aromatic amines is 1. The Balaban J connectivity index is 3.41. The van der Waals surface area contributed by atoms with E-state index in [2.05, 4.69) is 4.98 Å². The van der Waals surface area contributed by atoms with Gasteiger partial charge in [-0.05, 0) is 25.5 Å². The molecule has 0 saturated carbocycles. The first-order chi connectivity index (χ1) is 5.52. The van der Waals surface area contributed by atoms with Crippen molar-refractivity contribution in [2.24, 2.45) is 0 Å². The fraction of sp³-hybridized carbons (Fsp3) is 0.250. The maximum atomic E-state index is 11.0. The van der Waals surface area contributed by atoms with Crippen molar-refractivity contribution in [1.29, 1.82) is 0 Å². The summed E-state index contributed by atoms with van der Waals surface area (Å²) in [7, 11) is 0. The fourth-order valence-corrected chi connectivity index (χ4v) is 0.871. The molecule has 4 heteroatoms. The standard InChI is InChI=1S/C8H9NO3/c1-4-3-6(8(11)12)9-7(10)5(4)2/h3H,1-2H3,(H,9,10)(H,11,12). The Morgan fingerprint density at radius 3 is 2.50 bits per heavy atom. The number of H-pyrrole nitrogens is 1. The number of aryl methyl sites for hydroxylation is 1. The summed E-state index contributed by atoms with van der Waals surface area (Å²) < 4.78 is 0. The lowest BCUT2D eigenvalue weighted by Gasteiger charge is -1.99. The summed E-state index contributed by atoms with van der Waals surface area (Å²) in [5.74, 6) is -1.12. The Bertz CT molecular complexity index is 378. The molecule has 1 aromatic heterocycles. The highest BCUT2D eigenvalue weighted by molar-refractivity contribution is 5.85. The summed E-state index contributed by atoms with van der Waals surface area (Å²) >= 11 is 0. The van der Waals surface area contributed by atoms with Crippen LogP contribution in [0.2, 0.25) is 0 Å². The average Bonchev–Trinajstić information content (AvgIpc) is 1.99. The normalized spacial score (nSPS) is 9.83. The quantitative estimate of drug-likeness (QED) is 0.646. The molecule has 4 nitrogen and oxygen atoms in total. The van der Waals surface area contributed by atoms with E-state index in [9.17, 15) is 9.59 Å². The number of nitrogens with one attached hydrogen (secondary N) is 1. The molecule has 0 spiro atoms. The number of pyridine rings is 1. The van der Waals surface area contributed by atoms with E-state index in [4.69, 9.17) is 5.11 Å². The van der Waals surface area contributed by atoms with Crippen LogP contribution in [0.4, 0.5) is 0 Å². The Morgan fingerprint density at radius 1 is 1.50 bits per heavy atom. The molecule has 2 N–H and O–H groups in total. The Morgan fingerprint density at radius 2 is 2.08 bits per heavy atom. The average molecular weight is 167 g/mol. The van der Waals surface area contributed by atoms with Crippen molar-refractivity contribution in [3.05, 3.63) is 33.2 Å². The van der Waals surface area contributed by atoms with Crippen LogP contribution in [-0.2, 0) is 0 Å². The van der Waals surface area contributed by atoms with E-state index in [-0.39, 0.29) is 11.3 Å². The van der Waals surface area contributed by atoms with Crippen molar-refractivity contribution in [3.8, 4) is 0 Å². The van der Waals surface area contributed by atoms with E-state index in [1.165, 1.54) is 6.07 Å². The molecule has 1 aromatic rings. The maximum Gasteiger partial charge on any atom is 0.352 e. The lowest BCUT2D eigenvalue weighted by atomic mass is 10.1. The summed E-state index contributed by atoms with van der Waals surface area (Å²) in [6, 6.07) is 1.44. The van der Waals surface area contributed by atoms with Crippen molar-refractivity contribution in [2.45, 2.75) is 13.8 Å². The van der Waals surface area contributed by atoms with Crippen molar-refractivity contribution < 1.29 is 9.90 Å². The molecule has 1 heterocycles. The van der Waals surface area contributed by atoms with Gasteiger partial charge in [0.25, 0.3) is 5.56 Å². The van der Waals surface area contributed by atoms with Gasteiger partial charge in [0.1, 0.15) is 5.69 Å². The van der Waals surface area contributed by atoms with Crippen molar-refractivity contribution in [1.82, 2.24) is 4.98 Å². The van der Waals surface area contributed by atoms with Crippen molar-refractivity contribution in [3.63, 3.8) is 0 Å². The number of carboxylic acids is 1. The Labute approximate surface area is 68.9 Å². The predicted molar refractivity (Wildman–Crippen MR) is 43.5 cm³/mol. The summed E-state index contributed by atoms with van der Waals surface area (Å²) in [5.41, 5.74) is 0.839. The minimum atomic E-state index is -1.12. The van der Waals surface area contributed by atoms with Crippen LogP contribution in [0, 0.1) is 13.8 Å². The van der Waals surface area contributed by atoms with E-state index in [0.29, 0.717) is 11.1 Å². The van der Waals surface area contributed by atoms with E-state index in [1.807, 2.05) is 0 Å². The van der Waals surface area contributed by atoms with Gasteiger partial charge in [-0.1, -0.05) is 0 Å². The smallest absolute Gasteiger partial charge is 0.352 e. The molecular weight excluding hydrogens is 158 g/mol. The van der Waals surface area contributed by atoms with E-state index in [0.717, 1.165) is 0 Å². The van der Waals surface area contributed by atoms with E-state index in [1.54, 1.807) is 13.8 Å². The monoisotopic (exact) mass is 167 g/mol. The van der Waals surface area contributed by atoms with Gasteiger partial charge in [-0.25, -0.2) is 4.79 Å². The Kier molecular flexibility index (Phi) is 1.99. The van der Waals surface area contributed by atoms with E-state index >= 15 is 0 Å². The largest absolute Gasteiger partial charge is 0.477 e. The molecule has 0 saturated heterocycles. The van der Waals surface area contributed by atoms with Gasteiger partial charge in [0, 0.05) is 5.56 Å². The van der Waals surface area contributed by atoms with Gasteiger partial charge >= 0.3 is 5.97 Å². The third kappa shape index (κ3) is 1.37. The molecule has 0 atom stereocenters. The molecule has 0 aliphatic heterocycles. The number of aromatic nitrogens is 1. The number of rotatable bonds is 1. The number of hydrogen-bond acceptors (Lipinski definition) is 2. The number of aromatic carboxylic acids is 1. The molecule has 64 valence electrons. The first-order valence-electron chi connectivity index (χ1n) is 3.46. The number of hydrogen-bond donors (Lipinski definition) is 2. The molecule has 0 radical (unpaired) electrons. The molecule has 0 aliphatic carbocycles. The summed E-state index contributed by atoms with van der Waals surface area (Å²) in [4.78, 5) is 23.8. The van der Waals surface area contributed by atoms with Gasteiger partial charge in [0.15, 0.2) is 0 Å². The number of carboxylic acid groups (broad SMARTS) is 1. The molecule has 0 unspecified atom stereocenters. The predicted octanol–water partition coefficient (Wildman–Crippen LogP) is 0.690. The molecule has 0 fully saturated rings. The van der Waals surface area contributed by atoms with Crippen LogP contribution in [-0.4, -0.2) is 16.1 Å². The third-order valence-corrected chi connectivity index (χ3v) is 1.77. The third-order valence-electron chi connectivity index (χ3n) is 1.77. The highest BCUT2D eigenvalue weighted by Crippen LogP contribution is 2.01. The minimum Gasteiger partial charge on any atom is -0.477 e. The first kappa shape index (κ1) is 8.52. The van der Waals surface area contributed by atoms with Crippen LogP contribution in [0.5, 0.6) is 0 Å². The zero-order valence-electron chi connectivity index (χ0n) is 6.84. The maximum absolute atomic E-state index is 11.0. The van der Waals surface area contributed by atoms with Crippen LogP contribution in [0.3, 0.4) is 0 Å². The van der Waals surface area contributed by atoms with Crippen LogP contribution in [0.15, 0.2) is 10.9 Å². The lowest BCUT2D eigenvalue weighted by molar-refractivity contribution is 0.0690. The SMILES string of the molecule is Cc1cc(C(=O)O)[nH]c(=O)c1C. The zero-order valence-corrected chi connectivity index (χ0v) is 6.84. The second-order valence-electron chi connectivity index (χ2n) is 2.63. The molecule has 0 aliphatic rings. The second kappa shape index (κ2) is 2.81. The highest BCUT2D eigenvalue weighted by Gasteiger charge is 2.06. The first-order valence-corrected chi connectivity index (χ1v) is 3.46. The molecule has 0 amide bonds. The van der Waals surface area contributed by atoms with Gasteiger partial charge in [0.2, 0.25) is 0 Å². The molecule has 1 rings (SSSR count). The van der Waals surface area contributed by atoms with Gasteiger partial charge in [-0.15, -0.1) is 0 Å². The fourth-order valence-electron chi connectivity index (χ4n) is 0.871. The summed E-state index contributed by atoms with van der Waals surface area (Å²) in [5, 5.41) is 8.55. The highest BCUT2D eigenvalue weighted by atomic mass is 16.4. The molecular formula is C8H9NO3. The second-order valence-corrected chi connectivity index (χ2v) is 2.63. The topological polar surface area (TPSA) is 70.2 Å². The number of carbonyl (C=O) groups is 1. The van der Waals surface area contributed by atoms with E-state index < -0.39 is 5.97 Å². The minimum absolute atomic E-state index is 0.0666. The van der Waals surface area contributed by atoms with Crippen LogP contribution in [0.1, 0.15) is 21.6 Å². The van der Waals surface area contributed by atoms with Gasteiger partial charge in [-0.3, -0.25) is 4.79 Å².